The van der Waals surface area contributed by atoms with Gasteiger partial charge in [0.15, 0.2) is 11.5 Å². The van der Waals surface area contributed by atoms with Crippen LogP contribution in [0.5, 0.6) is 11.5 Å². The summed E-state index contributed by atoms with van der Waals surface area (Å²) in [6.07, 6.45) is 0. The molecule has 1 heterocycles. The largest absolute Gasteiger partial charge is 0.486 e. The van der Waals surface area contributed by atoms with Gasteiger partial charge in [-0.05, 0) is 31.5 Å². The lowest BCUT2D eigenvalue weighted by Gasteiger charge is -2.22. The number of nitriles is 1. The van der Waals surface area contributed by atoms with Crippen LogP contribution in [0.1, 0.15) is 25.0 Å². The molecular weight excluding hydrogens is 209 g/mol. The third kappa shape index (κ3) is 1.81. The van der Waals surface area contributed by atoms with Gasteiger partial charge < -0.3 is 9.47 Å². The second-order valence-corrected chi connectivity index (χ2v) is 4.13. The molecular formula is C12H12FNO2. The Morgan fingerprint density at radius 3 is 2.62 bits per heavy atom. The predicted octanol–water partition coefficient (Wildman–Crippen LogP) is 2.53. The van der Waals surface area contributed by atoms with E-state index < -0.39 is 5.67 Å². The van der Waals surface area contributed by atoms with E-state index in [1.165, 1.54) is 19.9 Å². The minimum Gasteiger partial charge on any atom is -0.486 e. The van der Waals surface area contributed by atoms with Gasteiger partial charge in [0.2, 0.25) is 0 Å². The maximum atomic E-state index is 13.8. The van der Waals surface area contributed by atoms with E-state index >= 15 is 0 Å². The van der Waals surface area contributed by atoms with Gasteiger partial charge in [-0.3, -0.25) is 0 Å². The molecule has 0 saturated heterocycles. The van der Waals surface area contributed by atoms with E-state index in [4.69, 9.17) is 14.7 Å². The molecule has 4 heteroatoms. The standard InChI is InChI=1S/C12H12FNO2/c1-12(2,13)9-5-8(7-14)11-10(6-9)15-3-4-16-11/h5-6H,3-4H2,1-2H3. The lowest BCUT2D eigenvalue weighted by Crippen LogP contribution is -2.18. The van der Waals surface area contributed by atoms with Gasteiger partial charge in [-0.1, -0.05) is 0 Å². The second-order valence-electron chi connectivity index (χ2n) is 4.13. The minimum atomic E-state index is -1.50. The van der Waals surface area contributed by atoms with Crippen molar-refractivity contribution in [3.63, 3.8) is 0 Å². The smallest absolute Gasteiger partial charge is 0.179 e. The summed E-state index contributed by atoms with van der Waals surface area (Å²) < 4.78 is 24.5. The number of ether oxygens (including phenoxy) is 2. The van der Waals surface area contributed by atoms with E-state index in [0.717, 1.165) is 0 Å². The molecule has 0 atom stereocenters. The summed E-state index contributed by atoms with van der Waals surface area (Å²) in [4.78, 5) is 0. The van der Waals surface area contributed by atoms with Crippen LogP contribution in [0.25, 0.3) is 0 Å². The zero-order valence-electron chi connectivity index (χ0n) is 9.21. The van der Waals surface area contributed by atoms with E-state index in [9.17, 15) is 4.39 Å². The Morgan fingerprint density at radius 1 is 1.31 bits per heavy atom. The first-order chi connectivity index (χ1) is 7.52. The van der Waals surface area contributed by atoms with Crippen LogP contribution in [-0.4, -0.2) is 13.2 Å². The molecule has 0 saturated carbocycles. The van der Waals surface area contributed by atoms with E-state index in [-0.39, 0.29) is 0 Å². The third-order valence-electron chi connectivity index (χ3n) is 2.45. The van der Waals surface area contributed by atoms with Crippen molar-refractivity contribution in [1.82, 2.24) is 0 Å². The average molecular weight is 221 g/mol. The molecule has 1 aliphatic rings. The SMILES string of the molecule is CC(C)(F)c1cc(C#N)c2c(c1)OCCO2. The molecule has 2 rings (SSSR count). The highest BCUT2D eigenvalue weighted by atomic mass is 19.1. The zero-order chi connectivity index (χ0) is 11.8. The molecule has 16 heavy (non-hydrogen) atoms. The van der Waals surface area contributed by atoms with E-state index in [1.807, 2.05) is 6.07 Å². The minimum absolute atomic E-state index is 0.318. The van der Waals surface area contributed by atoms with Crippen molar-refractivity contribution in [2.24, 2.45) is 0 Å². The van der Waals surface area contributed by atoms with Gasteiger partial charge in [0.1, 0.15) is 25.0 Å². The Labute approximate surface area is 93.4 Å². The predicted molar refractivity (Wildman–Crippen MR) is 56.3 cm³/mol. The summed E-state index contributed by atoms with van der Waals surface area (Å²) in [5.41, 5.74) is -0.757. The molecule has 0 bridgehead atoms. The van der Waals surface area contributed by atoms with Crippen molar-refractivity contribution >= 4 is 0 Å². The lowest BCUT2D eigenvalue weighted by atomic mass is 9.97. The fourth-order valence-corrected chi connectivity index (χ4v) is 1.58. The molecule has 0 spiro atoms. The van der Waals surface area contributed by atoms with Gasteiger partial charge in [0.25, 0.3) is 0 Å². The molecule has 3 nitrogen and oxygen atoms in total. The molecule has 0 amide bonds. The Morgan fingerprint density at radius 2 is 2.00 bits per heavy atom. The van der Waals surface area contributed by atoms with Crippen LogP contribution in [0.3, 0.4) is 0 Å². The Bertz CT molecular complexity index is 457. The fourth-order valence-electron chi connectivity index (χ4n) is 1.58. The van der Waals surface area contributed by atoms with Crippen LogP contribution in [0.4, 0.5) is 4.39 Å². The van der Waals surface area contributed by atoms with Crippen molar-refractivity contribution in [2.45, 2.75) is 19.5 Å². The van der Waals surface area contributed by atoms with Gasteiger partial charge >= 0.3 is 0 Å². The molecule has 0 N–H and O–H groups in total. The molecule has 0 unspecified atom stereocenters. The Hall–Kier alpha value is -1.76. The first kappa shape index (κ1) is 10.7. The summed E-state index contributed by atoms with van der Waals surface area (Å²) >= 11 is 0. The van der Waals surface area contributed by atoms with Crippen molar-refractivity contribution in [1.29, 1.82) is 5.26 Å². The number of alkyl halides is 1. The second kappa shape index (κ2) is 3.67. The van der Waals surface area contributed by atoms with Crippen LogP contribution in [-0.2, 0) is 5.67 Å². The first-order valence-corrected chi connectivity index (χ1v) is 5.05. The van der Waals surface area contributed by atoms with Crippen LogP contribution in [0.15, 0.2) is 12.1 Å². The number of halogens is 1. The van der Waals surface area contributed by atoms with Gasteiger partial charge in [0, 0.05) is 0 Å². The van der Waals surface area contributed by atoms with Crippen molar-refractivity contribution < 1.29 is 13.9 Å². The first-order valence-electron chi connectivity index (χ1n) is 5.05. The number of benzene rings is 1. The third-order valence-corrected chi connectivity index (χ3v) is 2.45. The molecule has 1 aliphatic heterocycles. The van der Waals surface area contributed by atoms with E-state index in [1.54, 1.807) is 6.07 Å². The van der Waals surface area contributed by atoms with Gasteiger partial charge in [-0.2, -0.15) is 5.26 Å². The molecule has 1 aromatic carbocycles. The van der Waals surface area contributed by atoms with E-state index in [0.29, 0.717) is 35.8 Å². The Balaban J connectivity index is 2.58. The molecule has 0 aliphatic carbocycles. The highest BCUT2D eigenvalue weighted by Gasteiger charge is 2.25. The summed E-state index contributed by atoms with van der Waals surface area (Å²) in [7, 11) is 0. The van der Waals surface area contributed by atoms with Crippen LogP contribution < -0.4 is 9.47 Å². The highest BCUT2D eigenvalue weighted by Crippen LogP contribution is 2.38. The van der Waals surface area contributed by atoms with Crippen molar-refractivity contribution in [3.8, 4) is 17.6 Å². The van der Waals surface area contributed by atoms with Gasteiger partial charge in [-0.15, -0.1) is 0 Å². The van der Waals surface area contributed by atoms with Crippen molar-refractivity contribution in [3.05, 3.63) is 23.3 Å². The zero-order valence-corrected chi connectivity index (χ0v) is 9.21. The van der Waals surface area contributed by atoms with Crippen LogP contribution in [0, 0.1) is 11.3 Å². The van der Waals surface area contributed by atoms with Gasteiger partial charge in [-0.25, -0.2) is 4.39 Å². The molecule has 0 radical (unpaired) electrons. The van der Waals surface area contributed by atoms with Crippen molar-refractivity contribution in [2.75, 3.05) is 13.2 Å². The van der Waals surface area contributed by atoms with Crippen LogP contribution >= 0.6 is 0 Å². The highest BCUT2D eigenvalue weighted by molar-refractivity contribution is 5.56. The monoisotopic (exact) mass is 221 g/mol. The normalized spacial score (nSPS) is 14.4. The summed E-state index contributed by atoms with van der Waals surface area (Å²) in [6.45, 7) is 3.73. The number of rotatable bonds is 1. The summed E-state index contributed by atoms with van der Waals surface area (Å²) in [5.74, 6) is 0.868. The average Bonchev–Trinajstić information content (AvgIpc) is 2.26. The topological polar surface area (TPSA) is 42.2 Å². The number of nitrogens with zero attached hydrogens (tertiary/aromatic N) is 1. The fraction of sp³-hybridized carbons (Fsp3) is 0.417. The number of hydrogen-bond donors (Lipinski definition) is 0. The number of fused-ring (bicyclic) bond motifs is 1. The number of hydrogen-bond acceptors (Lipinski definition) is 3. The summed E-state index contributed by atoms with van der Waals surface area (Å²) in [5, 5.41) is 8.98. The van der Waals surface area contributed by atoms with E-state index in [2.05, 4.69) is 0 Å². The molecule has 0 aromatic heterocycles. The summed E-state index contributed by atoms with van der Waals surface area (Å²) in [6, 6.07) is 5.10. The quantitative estimate of drug-likeness (QED) is 0.731. The molecule has 84 valence electrons. The lowest BCUT2D eigenvalue weighted by molar-refractivity contribution is 0.168. The van der Waals surface area contributed by atoms with Crippen LogP contribution in [0.2, 0.25) is 0 Å². The van der Waals surface area contributed by atoms with Gasteiger partial charge in [0.05, 0.1) is 5.56 Å². The maximum absolute atomic E-state index is 13.8. The Kier molecular flexibility index (Phi) is 2.47. The molecule has 0 fully saturated rings. The maximum Gasteiger partial charge on any atom is 0.179 e. The molecule has 1 aromatic rings.